The molecule has 1 unspecified atom stereocenters. The molecule has 1 atom stereocenters. The molecule has 0 aliphatic carbocycles. The molecule has 1 heterocycles. The van der Waals surface area contributed by atoms with Gasteiger partial charge in [-0.05, 0) is 51.4 Å². The summed E-state index contributed by atoms with van der Waals surface area (Å²) in [5.74, 6) is 0.985. The molecule has 0 amide bonds. The fourth-order valence-corrected chi connectivity index (χ4v) is 2.34. The van der Waals surface area contributed by atoms with Gasteiger partial charge in [0, 0.05) is 6.54 Å². The van der Waals surface area contributed by atoms with Gasteiger partial charge in [-0.2, -0.15) is 0 Å². The maximum absolute atomic E-state index is 5.88. The summed E-state index contributed by atoms with van der Waals surface area (Å²) < 4.78 is 5.88. The summed E-state index contributed by atoms with van der Waals surface area (Å²) in [6, 6.07) is 10.1. The summed E-state index contributed by atoms with van der Waals surface area (Å²) in [5, 5.41) is 0. The normalized spacial score (nSPS) is 18.9. The number of benzene rings is 1. The van der Waals surface area contributed by atoms with Crippen molar-refractivity contribution in [1.82, 2.24) is 4.90 Å². The Balaban J connectivity index is 1.68. The Bertz CT molecular complexity index is 306. The summed E-state index contributed by atoms with van der Waals surface area (Å²) in [7, 11) is 0. The molecule has 1 aromatic carbocycles. The zero-order valence-electron chi connectivity index (χ0n) is 10.8. The van der Waals surface area contributed by atoms with Crippen molar-refractivity contribution in [3.63, 3.8) is 0 Å². The number of piperidine rings is 1. The van der Waals surface area contributed by atoms with E-state index in [4.69, 9.17) is 4.74 Å². The highest BCUT2D eigenvalue weighted by Gasteiger charge is 2.11. The minimum absolute atomic E-state index is 0.305. The lowest BCUT2D eigenvalue weighted by molar-refractivity contribution is 0.163. The first kappa shape index (κ1) is 12.4. The van der Waals surface area contributed by atoms with E-state index in [2.05, 4.69) is 11.8 Å². The molecule has 0 radical (unpaired) electrons. The van der Waals surface area contributed by atoms with E-state index in [1.54, 1.807) is 0 Å². The Kier molecular flexibility index (Phi) is 4.87. The number of nitrogens with zero attached hydrogens (tertiary/aromatic N) is 1. The second-order valence-corrected chi connectivity index (χ2v) is 4.93. The van der Waals surface area contributed by atoms with Crippen LogP contribution in [-0.2, 0) is 0 Å². The second kappa shape index (κ2) is 6.65. The lowest BCUT2D eigenvalue weighted by Gasteiger charge is -2.27. The average molecular weight is 233 g/mol. The molecular formula is C15H23NO. The van der Waals surface area contributed by atoms with E-state index >= 15 is 0 Å². The van der Waals surface area contributed by atoms with Crippen LogP contribution in [0.4, 0.5) is 0 Å². The van der Waals surface area contributed by atoms with Crippen LogP contribution in [0.2, 0.25) is 0 Å². The highest BCUT2D eigenvalue weighted by atomic mass is 16.5. The van der Waals surface area contributed by atoms with Crippen LogP contribution in [0.25, 0.3) is 0 Å². The molecule has 1 aromatic rings. The molecule has 2 rings (SSSR count). The van der Waals surface area contributed by atoms with Crippen LogP contribution in [0.5, 0.6) is 5.75 Å². The predicted octanol–water partition coefficient (Wildman–Crippen LogP) is 3.33. The van der Waals surface area contributed by atoms with E-state index in [9.17, 15) is 0 Å². The van der Waals surface area contributed by atoms with Crippen molar-refractivity contribution in [3.05, 3.63) is 30.3 Å². The van der Waals surface area contributed by atoms with Crippen LogP contribution in [0, 0.1) is 0 Å². The van der Waals surface area contributed by atoms with Gasteiger partial charge in [0.15, 0.2) is 0 Å². The molecule has 0 aromatic heterocycles. The van der Waals surface area contributed by atoms with Gasteiger partial charge in [-0.25, -0.2) is 0 Å². The average Bonchev–Trinajstić information content (AvgIpc) is 2.39. The van der Waals surface area contributed by atoms with Crippen LogP contribution >= 0.6 is 0 Å². The number of para-hydroxylation sites is 1. The van der Waals surface area contributed by atoms with Crippen molar-refractivity contribution in [1.29, 1.82) is 0 Å². The number of rotatable bonds is 5. The summed E-state index contributed by atoms with van der Waals surface area (Å²) >= 11 is 0. The van der Waals surface area contributed by atoms with Crippen LogP contribution in [0.3, 0.4) is 0 Å². The van der Waals surface area contributed by atoms with E-state index in [1.807, 2.05) is 30.3 Å². The van der Waals surface area contributed by atoms with Crippen molar-refractivity contribution in [2.75, 3.05) is 19.6 Å². The highest BCUT2D eigenvalue weighted by molar-refractivity contribution is 5.21. The molecular weight excluding hydrogens is 210 g/mol. The summed E-state index contributed by atoms with van der Waals surface area (Å²) in [4.78, 5) is 2.56. The molecule has 1 aliphatic heterocycles. The quantitative estimate of drug-likeness (QED) is 0.773. The maximum atomic E-state index is 5.88. The molecule has 0 bridgehead atoms. The SMILES string of the molecule is CC(CCN1CCCCC1)Oc1ccccc1. The van der Waals surface area contributed by atoms with Gasteiger partial charge in [-0.3, -0.25) is 0 Å². The smallest absolute Gasteiger partial charge is 0.119 e. The Morgan fingerprint density at radius 3 is 2.53 bits per heavy atom. The molecule has 1 saturated heterocycles. The Morgan fingerprint density at radius 1 is 1.12 bits per heavy atom. The van der Waals surface area contributed by atoms with Gasteiger partial charge in [0.1, 0.15) is 5.75 Å². The van der Waals surface area contributed by atoms with Gasteiger partial charge >= 0.3 is 0 Å². The number of hydrogen-bond acceptors (Lipinski definition) is 2. The third-order valence-electron chi connectivity index (χ3n) is 3.38. The largest absolute Gasteiger partial charge is 0.491 e. The van der Waals surface area contributed by atoms with Crippen molar-refractivity contribution in [2.24, 2.45) is 0 Å². The van der Waals surface area contributed by atoms with Gasteiger partial charge in [0.2, 0.25) is 0 Å². The summed E-state index contributed by atoms with van der Waals surface area (Å²) in [5.41, 5.74) is 0. The molecule has 0 saturated carbocycles. The van der Waals surface area contributed by atoms with Crippen LogP contribution in [0.15, 0.2) is 30.3 Å². The second-order valence-electron chi connectivity index (χ2n) is 4.93. The van der Waals surface area contributed by atoms with Crippen molar-refractivity contribution < 1.29 is 4.74 Å². The lowest BCUT2D eigenvalue weighted by atomic mass is 10.1. The Hall–Kier alpha value is -1.02. The molecule has 2 heteroatoms. The van der Waals surface area contributed by atoms with Crippen LogP contribution in [-0.4, -0.2) is 30.6 Å². The number of likely N-dealkylation sites (tertiary alicyclic amines) is 1. The van der Waals surface area contributed by atoms with Crippen molar-refractivity contribution >= 4 is 0 Å². The third-order valence-corrected chi connectivity index (χ3v) is 3.38. The zero-order chi connectivity index (χ0) is 11.9. The fourth-order valence-electron chi connectivity index (χ4n) is 2.34. The van der Waals surface area contributed by atoms with E-state index in [0.717, 1.165) is 12.2 Å². The number of ether oxygens (including phenoxy) is 1. The predicted molar refractivity (Wildman–Crippen MR) is 71.4 cm³/mol. The molecule has 2 nitrogen and oxygen atoms in total. The van der Waals surface area contributed by atoms with E-state index in [-0.39, 0.29) is 0 Å². The van der Waals surface area contributed by atoms with E-state index in [1.165, 1.54) is 38.9 Å². The Labute approximate surface area is 105 Å². The zero-order valence-corrected chi connectivity index (χ0v) is 10.8. The van der Waals surface area contributed by atoms with Crippen molar-refractivity contribution in [3.8, 4) is 5.75 Å². The highest BCUT2D eigenvalue weighted by Crippen LogP contribution is 2.14. The molecule has 94 valence electrons. The first-order valence-corrected chi connectivity index (χ1v) is 6.78. The monoisotopic (exact) mass is 233 g/mol. The molecule has 0 spiro atoms. The van der Waals surface area contributed by atoms with Gasteiger partial charge in [-0.15, -0.1) is 0 Å². The minimum Gasteiger partial charge on any atom is -0.491 e. The topological polar surface area (TPSA) is 12.5 Å². The van der Waals surface area contributed by atoms with Gasteiger partial charge in [0.25, 0.3) is 0 Å². The van der Waals surface area contributed by atoms with Gasteiger partial charge < -0.3 is 9.64 Å². The molecule has 17 heavy (non-hydrogen) atoms. The van der Waals surface area contributed by atoms with E-state index in [0.29, 0.717) is 6.10 Å². The summed E-state index contributed by atoms with van der Waals surface area (Å²) in [6.07, 6.45) is 5.57. The molecule has 0 N–H and O–H groups in total. The molecule has 1 aliphatic rings. The number of hydrogen-bond donors (Lipinski definition) is 0. The standard InChI is InChI=1S/C15H23NO/c1-14(17-15-8-4-2-5-9-15)10-13-16-11-6-3-7-12-16/h2,4-5,8-9,14H,3,6-7,10-13H2,1H3. The van der Waals surface area contributed by atoms with Crippen molar-refractivity contribution in [2.45, 2.75) is 38.7 Å². The third kappa shape index (κ3) is 4.39. The summed E-state index contributed by atoms with van der Waals surface area (Å²) in [6.45, 7) is 5.89. The van der Waals surface area contributed by atoms with E-state index < -0.39 is 0 Å². The molecule has 1 fully saturated rings. The fraction of sp³-hybridized carbons (Fsp3) is 0.600. The first-order chi connectivity index (χ1) is 8.34. The minimum atomic E-state index is 0.305. The lowest BCUT2D eigenvalue weighted by Crippen LogP contribution is -2.32. The van der Waals surface area contributed by atoms with Crippen LogP contribution < -0.4 is 4.74 Å². The van der Waals surface area contributed by atoms with Crippen LogP contribution in [0.1, 0.15) is 32.6 Å². The first-order valence-electron chi connectivity index (χ1n) is 6.78. The Morgan fingerprint density at radius 2 is 1.82 bits per heavy atom. The van der Waals surface area contributed by atoms with Gasteiger partial charge in [0.05, 0.1) is 6.10 Å². The maximum Gasteiger partial charge on any atom is 0.119 e. The van der Waals surface area contributed by atoms with Gasteiger partial charge in [-0.1, -0.05) is 24.6 Å².